The van der Waals surface area contributed by atoms with Crippen LogP contribution >= 0.6 is 0 Å². The average Bonchev–Trinajstić information content (AvgIpc) is 2.95. The zero-order valence-electron chi connectivity index (χ0n) is 10.9. The quantitative estimate of drug-likeness (QED) is 0.719. The highest BCUT2D eigenvalue weighted by atomic mass is 16.5. The fourth-order valence-corrected chi connectivity index (χ4v) is 4.44. The van der Waals surface area contributed by atoms with E-state index in [9.17, 15) is 0 Å². The van der Waals surface area contributed by atoms with Crippen LogP contribution in [0.2, 0.25) is 0 Å². The summed E-state index contributed by atoms with van der Waals surface area (Å²) in [7, 11) is 0. The zero-order chi connectivity index (χ0) is 11.6. The highest BCUT2D eigenvalue weighted by Gasteiger charge is 2.55. The molecule has 3 heteroatoms. The third-order valence-corrected chi connectivity index (χ3v) is 5.59. The van der Waals surface area contributed by atoms with E-state index >= 15 is 0 Å². The molecule has 0 bridgehead atoms. The van der Waals surface area contributed by atoms with E-state index in [1.165, 1.54) is 25.7 Å². The van der Waals surface area contributed by atoms with Crippen molar-refractivity contribution in [3.05, 3.63) is 0 Å². The average molecular weight is 236 g/mol. The molecule has 3 nitrogen and oxygen atoms in total. The lowest BCUT2D eigenvalue weighted by atomic mass is 9.65. The second kappa shape index (κ2) is 3.46. The summed E-state index contributed by atoms with van der Waals surface area (Å²) in [5.41, 5.74) is 0.250. The van der Waals surface area contributed by atoms with Crippen LogP contribution in [-0.4, -0.2) is 36.4 Å². The molecule has 1 spiro atoms. The van der Waals surface area contributed by atoms with Crippen LogP contribution in [0.25, 0.3) is 0 Å². The van der Waals surface area contributed by atoms with Crippen LogP contribution in [0.4, 0.5) is 0 Å². The van der Waals surface area contributed by atoms with Gasteiger partial charge in [0.2, 0.25) is 0 Å². The Balaban J connectivity index is 1.43. The molecule has 6 unspecified atom stereocenters. The minimum absolute atomic E-state index is 0.250. The summed E-state index contributed by atoms with van der Waals surface area (Å²) >= 11 is 0. The summed E-state index contributed by atoms with van der Waals surface area (Å²) < 4.78 is 6.25. The third kappa shape index (κ3) is 1.59. The minimum atomic E-state index is 0.250. The lowest BCUT2D eigenvalue weighted by Crippen LogP contribution is -2.62. The molecule has 2 aliphatic carbocycles. The number of morpholine rings is 1. The summed E-state index contributed by atoms with van der Waals surface area (Å²) in [6.45, 7) is 5.69. The molecule has 2 aliphatic heterocycles. The van der Waals surface area contributed by atoms with E-state index in [-0.39, 0.29) is 5.60 Å². The molecule has 2 heterocycles. The molecule has 6 atom stereocenters. The van der Waals surface area contributed by atoms with Crippen molar-refractivity contribution in [3.8, 4) is 0 Å². The van der Waals surface area contributed by atoms with Gasteiger partial charge in [-0.25, -0.2) is 0 Å². The van der Waals surface area contributed by atoms with Crippen molar-refractivity contribution in [2.24, 2.45) is 11.8 Å². The van der Waals surface area contributed by atoms with E-state index in [1.54, 1.807) is 0 Å². The summed E-state index contributed by atoms with van der Waals surface area (Å²) in [6, 6.07) is 2.14. The molecular formula is C14H24N2O. The SMILES string of the molecule is CC1CC2C(CC2C2NCC3(CC3)OC2C)N1. The van der Waals surface area contributed by atoms with Crippen LogP contribution in [0.1, 0.15) is 39.5 Å². The molecule has 2 saturated heterocycles. The van der Waals surface area contributed by atoms with Gasteiger partial charge in [-0.3, -0.25) is 0 Å². The van der Waals surface area contributed by atoms with E-state index in [0.29, 0.717) is 12.1 Å². The fourth-order valence-electron chi connectivity index (χ4n) is 4.44. The molecule has 17 heavy (non-hydrogen) atoms. The lowest BCUT2D eigenvalue weighted by molar-refractivity contribution is -0.0998. The van der Waals surface area contributed by atoms with Gasteiger partial charge in [-0.2, -0.15) is 0 Å². The Hall–Kier alpha value is -0.120. The summed E-state index contributed by atoms with van der Waals surface area (Å²) in [5, 5.41) is 7.50. The highest BCUT2D eigenvalue weighted by molar-refractivity contribution is 5.10. The Kier molecular flexibility index (Phi) is 2.19. The second-order valence-electron chi connectivity index (χ2n) is 6.89. The number of hydrogen-bond acceptors (Lipinski definition) is 3. The number of ether oxygens (including phenoxy) is 1. The van der Waals surface area contributed by atoms with Gasteiger partial charge in [0.05, 0.1) is 11.7 Å². The smallest absolute Gasteiger partial charge is 0.0812 e. The Labute approximate surface area is 104 Å². The topological polar surface area (TPSA) is 33.3 Å². The molecule has 0 amide bonds. The van der Waals surface area contributed by atoms with Gasteiger partial charge in [-0.15, -0.1) is 0 Å². The number of rotatable bonds is 1. The van der Waals surface area contributed by atoms with Crippen molar-refractivity contribution in [1.82, 2.24) is 10.6 Å². The maximum absolute atomic E-state index is 6.25. The van der Waals surface area contributed by atoms with Gasteiger partial charge in [-0.05, 0) is 51.4 Å². The van der Waals surface area contributed by atoms with Gasteiger partial charge in [0, 0.05) is 24.7 Å². The van der Waals surface area contributed by atoms with Gasteiger partial charge in [0.1, 0.15) is 0 Å². The highest BCUT2D eigenvalue weighted by Crippen LogP contribution is 2.49. The minimum Gasteiger partial charge on any atom is -0.369 e. The van der Waals surface area contributed by atoms with Crippen molar-refractivity contribution < 1.29 is 4.74 Å². The molecule has 0 radical (unpaired) electrons. The van der Waals surface area contributed by atoms with Gasteiger partial charge < -0.3 is 15.4 Å². The Morgan fingerprint density at radius 2 is 1.94 bits per heavy atom. The van der Waals surface area contributed by atoms with Crippen molar-refractivity contribution in [2.75, 3.05) is 6.54 Å². The van der Waals surface area contributed by atoms with Crippen LogP contribution in [-0.2, 0) is 4.74 Å². The van der Waals surface area contributed by atoms with Crippen LogP contribution in [0.5, 0.6) is 0 Å². The predicted octanol–water partition coefficient (Wildman–Crippen LogP) is 1.28. The second-order valence-corrected chi connectivity index (χ2v) is 6.89. The number of nitrogens with one attached hydrogen (secondary N) is 2. The third-order valence-electron chi connectivity index (χ3n) is 5.59. The fraction of sp³-hybridized carbons (Fsp3) is 1.00. The molecular weight excluding hydrogens is 212 g/mol. The van der Waals surface area contributed by atoms with Crippen molar-refractivity contribution in [2.45, 2.75) is 69.4 Å². The zero-order valence-corrected chi connectivity index (χ0v) is 10.9. The van der Waals surface area contributed by atoms with Crippen LogP contribution in [0.15, 0.2) is 0 Å². The molecule has 4 fully saturated rings. The number of hydrogen-bond donors (Lipinski definition) is 2. The first-order valence-electron chi connectivity index (χ1n) is 7.34. The molecule has 0 aromatic heterocycles. The Bertz CT molecular complexity index is 328. The molecule has 0 aromatic rings. The lowest BCUT2D eigenvalue weighted by Gasteiger charge is -2.49. The van der Waals surface area contributed by atoms with Crippen molar-refractivity contribution in [3.63, 3.8) is 0 Å². The van der Waals surface area contributed by atoms with Gasteiger partial charge in [0.25, 0.3) is 0 Å². The largest absolute Gasteiger partial charge is 0.369 e. The normalized spacial score (nSPS) is 55.4. The maximum Gasteiger partial charge on any atom is 0.0812 e. The summed E-state index contributed by atoms with van der Waals surface area (Å²) in [6.07, 6.45) is 5.67. The van der Waals surface area contributed by atoms with Gasteiger partial charge >= 0.3 is 0 Å². The molecule has 2 saturated carbocycles. The molecule has 2 N–H and O–H groups in total. The summed E-state index contributed by atoms with van der Waals surface area (Å²) in [4.78, 5) is 0. The van der Waals surface area contributed by atoms with Crippen molar-refractivity contribution in [1.29, 1.82) is 0 Å². The van der Waals surface area contributed by atoms with E-state index in [4.69, 9.17) is 4.74 Å². The first-order valence-corrected chi connectivity index (χ1v) is 7.34. The van der Waals surface area contributed by atoms with Crippen LogP contribution in [0.3, 0.4) is 0 Å². The van der Waals surface area contributed by atoms with E-state index in [0.717, 1.165) is 30.5 Å². The first-order chi connectivity index (χ1) is 8.17. The monoisotopic (exact) mass is 236 g/mol. The Morgan fingerprint density at radius 1 is 1.12 bits per heavy atom. The number of fused-ring (bicyclic) bond motifs is 1. The van der Waals surface area contributed by atoms with Crippen LogP contribution in [0, 0.1) is 11.8 Å². The Morgan fingerprint density at radius 3 is 2.59 bits per heavy atom. The molecule has 0 aromatic carbocycles. The molecule has 96 valence electrons. The maximum atomic E-state index is 6.25. The van der Waals surface area contributed by atoms with Crippen molar-refractivity contribution >= 4 is 0 Å². The van der Waals surface area contributed by atoms with Gasteiger partial charge in [0.15, 0.2) is 0 Å². The van der Waals surface area contributed by atoms with Crippen LogP contribution < -0.4 is 10.6 Å². The molecule has 4 rings (SSSR count). The summed E-state index contributed by atoms with van der Waals surface area (Å²) in [5.74, 6) is 1.75. The van der Waals surface area contributed by atoms with Gasteiger partial charge in [-0.1, -0.05) is 0 Å². The first kappa shape index (κ1) is 10.8. The van der Waals surface area contributed by atoms with E-state index in [2.05, 4.69) is 24.5 Å². The molecule has 4 aliphatic rings. The predicted molar refractivity (Wildman–Crippen MR) is 66.9 cm³/mol. The van der Waals surface area contributed by atoms with E-state index in [1.807, 2.05) is 0 Å². The van der Waals surface area contributed by atoms with E-state index < -0.39 is 0 Å². The standard InChI is InChI=1S/C14H24N2O/c1-8-5-10-11(6-12(10)16-8)13-9(2)17-14(3-4-14)7-15-13/h8-13,15-16H,3-7H2,1-2H3.